The highest BCUT2D eigenvalue weighted by atomic mass is 16.3. The molecule has 0 aromatic heterocycles. The maximum Gasteiger partial charge on any atom is 0.115 e. The molecular formula is C10H18O. The third-order valence-corrected chi connectivity index (χ3v) is 0.732. The molecular weight excluding hydrogens is 136 g/mol. The molecule has 0 rings (SSSR count). The lowest BCUT2D eigenvalue weighted by Gasteiger charge is -1.88. The van der Waals surface area contributed by atoms with Crippen LogP contribution in [0.2, 0.25) is 0 Å². The first kappa shape index (κ1) is 12.7. The van der Waals surface area contributed by atoms with Crippen LogP contribution in [-0.4, -0.2) is 5.11 Å². The number of hydrogen-bond donors (Lipinski definition) is 1. The Hall–Kier alpha value is -0.980. The fourth-order valence-corrected chi connectivity index (χ4v) is 0.471. The minimum Gasteiger partial charge on any atom is -0.508 e. The summed E-state index contributed by atoms with van der Waals surface area (Å²) in [6, 6.07) is 0. The zero-order chi connectivity index (χ0) is 9.28. The van der Waals surface area contributed by atoms with Crippen molar-refractivity contribution >= 4 is 0 Å². The smallest absolute Gasteiger partial charge is 0.115 e. The second kappa shape index (κ2) is 9.02. The lowest BCUT2D eigenvalue weighted by atomic mass is 10.3. The van der Waals surface area contributed by atoms with Gasteiger partial charge in [0.05, 0.1) is 0 Å². The van der Waals surface area contributed by atoms with Crippen molar-refractivity contribution in [2.75, 3.05) is 0 Å². The lowest BCUT2D eigenvalue weighted by Crippen LogP contribution is -1.72. The molecule has 0 aromatic rings. The summed E-state index contributed by atoms with van der Waals surface area (Å²) in [6.45, 7) is 11.3. The van der Waals surface area contributed by atoms with Gasteiger partial charge in [-0.2, -0.15) is 0 Å². The molecule has 0 aromatic carbocycles. The number of rotatable bonds is 2. The maximum absolute atomic E-state index is 8.93. The molecule has 0 aliphatic carbocycles. The minimum absolute atomic E-state index is 0.255. The van der Waals surface area contributed by atoms with E-state index in [9.17, 15) is 0 Å². The first-order valence-electron chi connectivity index (χ1n) is 3.85. The van der Waals surface area contributed by atoms with Crippen molar-refractivity contribution in [2.24, 2.45) is 0 Å². The Labute approximate surface area is 69.8 Å². The van der Waals surface area contributed by atoms with Crippen LogP contribution in [0.1, 0.15) is 27.7 Å². The van der Waals surface area contributed by atoms with Crippen molar-refractivity contribution < 1.29 is 5.11 Å². The van der Waals surface area contributed by atoms with Crippen LogP contribution in [0.3, 0.4) is 0 Å². The summed E-state index contributed by atoms with van der Waals surface area (Å²) in [5.41, 5.74) is 0.852. The molecule has 0 amide bonds. The molecule has 1 heteroatoms. The highest BCUT2D eigenvalue weighted by molar-refractivity contribution is 5.21. The van der Waals surface area contributed by atoms with Gasteiger partial charge in [-0.1, -0.05) is 32.1 Å². The van der Waals surface area contributed by atoms with Crippen molar-refractivity contribution in [2.45, 2.75) is 27.7 Å². The quantitative estimate of drug-likeness (QED) is 0.476. The van der Waals surface area contributed by atoms with Crippen molar-refractivity contribution in [1.82, 2.24) is 0 Å². The monoisotopic (exact) mass is 154 g/mol. The average molecular weight is 154 g/mol. The van der Waals surface area contributed by atoms with E-state index >= 15 is 0 Å². The van der Waals surface area contributed by atoms with Crippen LogP contribution >= 0.6 is 0 Å². The lowest BCUT2D eigenvalue weighted by molar-refractivity contribution is 0.432. The van der Waals surface area contributed by atoms with Gasteiger partial charge in [0.2, 0.25) is 0 Å². The van der Waals surface area contributed by atoms with E-state index in [0.29, 0.717) is 0 Å². The Morgan fingerprint density at radius 2 is 1.82 bits per heavy atom. The Morgan fingerprint density at radius 3 is 2.09 bits per heavy atom. The molecule has 64 valence electrons. The topological polar surface area (TPSA) is 20.2 Å². The molecule has 0 saturated heterocycles. The van der Waals surface area contributed by atoms with Gasteiger partial charge in [0, 0.05) is 0 Å². The Morgan fingerprint density at radius 1 is 1.36 bits per heavy atom. The summed E-state index contributed by atoms with van der Waals surface area (Å²) in [6.07, 6.45) is 5.00. The van der Waals surface area contributed by atoms with Crippen LogP contribution in [0, 0.1) is 0 Å². The van der Waals surface area contributed by atoms with Gasteiger partial charge in [-0.3, -0.25) is 0 Å². The van der Waals surface area contributed by atoms with Crippen LogP contribution in [0.4, 0.5) is 0 Å². The summed E-state index contributed by atoms with van der Waals surface area (Å²) in [7, 11) is 0. The largest absolute Gasteiger partial charge is 0.508 e. The van der Waals surface area contributed by atoms with E-state index in [0.717, 1.165) is 5.57 Å². The van der Waals surface area contributed by atoms with E-state index in [-0.39, 0.29) is 5.76 Å². The first-order valence-corrected chi connectivity index (χ1v) is 3.85. The van der Waals surface area contributed by atoms with Crippen LogP contribution in [0.5, 0.6) is 0 Å². The summed E-state index contributed by atoms with van der Waals surface area (Å²) in [5, 5.41) is 8.93. The van der Waals surface area contributed by atoms with Gasteiger partial charge < -0.3 is 5.11 Å². The van der Waals surface area contributed by atoms with Gasteiger partial charge in [0.1, 0.15) is 5.76 Å². The van der Waals surface area contributed by atoms with Crippen molar-refractivity contribution in [3.8, 4) is 0 Å². The van der Waals surface area contributed by atoms with E-state index in [2.05, 4.69) is 6.58 Å². The van der Waals surface area contributed by atoms with Crippen molar-refractivity contribution in [3.05, 3.63) is 36.1 Å². The Kier molecular flexibility index (Phi) is 10.4. The number of aliphatic hydroxyl groups is 1. The molecule has 1 nitrogen and oxygen atoms in total. The van der Waals surface area contributed by atoms with Gasteiger partial charge in [-0.05, 0) is 26.0 Å². The summed E-state index contributed by atoms with van der Waals surface area (Å²) in [4.78, 5) is 0. The fraction of sp³-hybridized carbons (Fsp3) is 0.400. The fourth-order valence-electron chi connectivity index (χ4n) is 0.471. The second-order valence-corrected chi connectivity index (χ2v) is 1.92. The molecule has 1 N–H and O–H groups in total. The predicted octanol–water partition coefficient (Wildman–Crippen LogP) is 3.61. The molecule has 11 heavy (non-hydrogen) atoms. The second-order valence-electron chi connectivity index (χ2n) is 1.92. The molecule has 0 radical (unpaired) electrons. The standard InChI is InChI=1S/C8H12O.C2H6/c1-4-5-8(9)6-7(2)3;1-2/h4-6,9H,2H2,1,3H3;1-2H3/b5-4-,8-6+;. The molecule has 0 bridgehead atoms. The van der Waals surface area contributed by atoms with E-state index < -0.39 is 0 Å². The molecule has 0 aliphatic rings. The van der Waals surface area contributed by atoms with Crippen molar-refractivity contribution in [3.63, 3.8) is 0 Å². The zero-order valence-corrected chi connectivity index (χ0v) is 7.89. The Bertz CT molecular complexity index is 152. The van der Waals surface area contributed by atoms with Crippen LogP contribution < -0.4 is 0 Å². The third kappa shape index (κ3) is 12.3. The normalized spacial score (nSPS) is 10.7. The van der Waals surface area contributed by atoms with Crippen LogP contribution in [0.25, 0.3) is 0 Å². The predicted molar refractivity (Wildman–Crippen MR) is 51.7 cm³/mol. The molecule has 0 aliphatic heterocycles. The van der Waals surface area contributed by atoms with Crippen LogP contribution in [-0.2, 0) is 0 Å². The van der Waals surface area contributed by atoms with Gasteiger partial charge in [-0.15, -0.1) is 0 Å². The number of hydrogen-bond acceptors (Lipinski definition) is 1. The van der Waals surface area contributed by atoms with E-state index in [1.807, 2.05) is 27.7 Å². The maximum atomic E-state index is 8.93. The molecule has 0 heterocycles. The van der Waals surface area contributed by atoms with Gasteiger partial charge >= 0.3 is 0 Å². The highest BCUT2D eigenvalue weighted by Crippen LogP contribution is 1.96. The first-order chi connectivity index (χ1) is 5.16. The molecule has 0 fully saturated rings. The minimum atomic E-state index is 0.255. The SMILES string of the molecule is C=C(C)/C=C(O)\C=C/C.CC. The van der Waals surface area contributed by atoms with Gasteiger partial charge in [0.15, 0.2) is 0 Å². The van der Waals surface area contributed by atoms with Gasteiger partial charge in [-0.25, -0.2) is 0 Å². The van der Waals surface area contributed by atoms with Gasteiger partial charge in [0.25, 0.3) is 0 Å². The molecule has 0 spiro atoms. The zero-order valence-electron chi connectivity index (χ0n) is 7.89. The van der Waals surface area contributed by atoms with Crippen LogP contribution in [0.15, 0.2) is 36.1 Å². The summed E-state index contributed by atoms with van der Waals surface area (Å²) < 4.78 is 0. The molecule has 0 saturated carbocycles. The molecule has 0 unspecified atom stereocenters. The van der Waals surface area contributed by atoms with E-state index in [4.69, 9.17) is 5.11 Å². The molecule has 0 atom stereocenters. The van der Waals surface area contributed by atoms with E-state index in [1.54, 1.807) is 18.2 Å². The number of allylic oxidation sites excluding steroid dienone is 4. The third-order valence-electron chi connectivity index (χ3n) is 0.732. The summed E-state index contributed by atoms with van der Waals surface area (Å²) >= 11 is 0. The number of aliphatic hydroxyl groups excluding tert-OH is 1. The summed E-state index contributed by atoms with van der Waals surface area (Å²) in [5.74, 6) is 0.255. The average Bonchev–Trinajstić information content (AvgIpc) is 1.91. The Balaban J connectivity index is 0. The van der Waals surface area contributed by atoms with E-state index in [1.165, 1.54) is 0 Å². The van der Waals surface area contributed by atoms with Crippen molar-refractivity contribution in [1.29, 1.82) is 0 Å². The highest BCUT2D eigenvalue weighted by Gasteiger charge is 1.81.